The van der Waals surface area contributed by atoms with Gasteiger partial charge in [0.05, 0.1) is 11.5 Å². The Hall–Kier alpha value is -0.360. The molecule has 0 saturated carbocycles. The third-order valence-corrected chi connectivity index (χ3v) is 3.82. The van der Waals surface area contributed by atoms with Gasteiger partial charge in [0.1, 0.15) is 0 Å². The lowest BCUT2D eigenvalue weighted by molar-refractivity contribution is -0.127. The Kier molecular flexibility index (Phi) is 2.82. The number of rotatable bonds is 2. The third-order valence-electron chi connectivity index (χ3n) is 2.92. The number of hydrogen-bond donors (Lipinski definition) is 0. The van der Waals surface area contributed by atoms with E-state index in [0.29, 0.717) is 0 Å². The van der Waals surface area contributed by atoms with Crippen LogP contribution in [0.25, 0.3) is 0 Å². The van der Waals surface area contributed by atoms with Crippen molar-refractivity contribution in [3.8, 4) is 0 Å². The van der Waals surface area contributed by atoms with Crippen LogP contribution >= 0.6 is 9.39 Å². The van der Waals surface area contributed by atoms with Crippen molar-refractivity contribution < 1.29 is 4.79 Å². The van der Waals surface area contributed by atoms with E-state index in [-0.39, 0.29) is 17.4 Å². The van der Waals surface area contributed by atoms with E-state index in [1.54, 1.807) is 4.67 Å². The number of carbonyl (C=O) groups excluding carboxylic acids is 1. The Balaban J connectivity index is 2.92. The second kappa shape index (κ2) is 3.42. The van der Waals surface area contributed by atoms with E-state index < -0.39 is 0 Å². The van der Waals surface area contributed by atoms with Crippen LogP contribution < -0.4 is 0 Å². The van der Waals surface area contributed by atoms with Crippen LogP contribution in [0.5, 0.6) is 0 Å². The molecule has 13 heavy (non-hydrogen) atoms. The summed E-state index contributed by atoms with van der Waals surface area (Å²) >= 11 is 0. The van der Waals surface area contributed by atoms with Gasteiger partial charge in [-0.3, -0.25) is 4.79 Å². The topological polar surface area (TPSA) is 20.3 Å². The van der Waals surface area contributed by atoms with Crippen LogP contribution in [0.15, 0.2) is 12.2 Å². The van der Waals surface area contributed by atoms with Crippen molar-refractivity contribution in [2.45, 2.75) is 39.2 Å². The molecule has 1 fully saturated rings. The zero-order chi connectivity index (χ0) is 10.2. The van der Waals surface area contributed by atoms with Gasteiger partial charge in [-0.05, 0) is 35.2 Å². The molecule has 1 unspecified atom stereocenters. The summed E-state index contributed by atoms with van der Waals surface area (Å²) in [6.07, 6.45) is 1.95. The largest absolute Gasteiger partial charge is 0.318 e. The minimum absolute atomic E-state index is 0.0394. The number of carbonyl (C=O) groups is 1. The molecule has 0 radical (unpaired) electrons. The summed E-state index contributed by atoms with van der Waals surface area (Å²) in [6.45, 7) is 10.2. The fourth-order valence-corrected chi connectivity index (χ4v) is 2.11. The molecule has 1 aliphatic heterocycles. The van der Waals surface area contributed by atoms with Crippen molar-refractivity contribution in [2.75, 3.05) is 0 Å². The average Bonchev–Trinajstić information content (AvgIpc) is 2.21. The molecule has 1 rings (SSSR count). The summed E-state index contributed by atoms with van der Waals surface area (Å²) in [5.41, 5.74) is 0.857. The van der Waals surface area contributed by atoms with Crippen LogP contribution in [-0.2, 0) is 4.79 Å². The molecular formula is C10H18NOP. The van der Waals surface area contributed by atoms with E-state index in [2.05, 4.69) is 22.9 Å². The molecule has 2 atom stereocenters. The van der Waals surface area contributed by atoms with Crippen LogP contribution in [0.3, 0.4) is 0 Å². The van der Waals surface area contributed by atoms with Crippen molar-refractivity contribution in [2.24, 2.45) is 5.92 Å². The summed E-state index contributed by atoms with van der Waals surface area (Å²) in [5, 5.41) is 0. The molecule has 0 spiro atoms. The molecule has 0 bridgehead atoms. The van der Waals surface area contributed by atoms with Gasteiger partial charge in [-0.25, -0.2) is 0 Å². The van der Waals surface area contributed by atoms with Gasteiger partial charge < -0.3 is 4.67 Å². The minimum Gasteiger partial charge on any atom is -0.318 e. The van der Waals surface area contributed by atoms with Gasteiger partial charge in [0, 0.05) is 0 Å². The maximum absolute atomic E-state index is 11.8. The average molecular weight is 199 g/mol. The molecule has 1 heterocycles. The Bertz CT molecular complexity index is 247. The van der Waals surface area contributed by atoms with Gasteiger partial charge in [0.15, 0.2) is 0 Å². The van der Waals surface area contributed by atoms with Crippen LogP contribution in [-0.4, -0.2) is 16.1 Å². The second-order valence-corrected chi connectivity index (χ2v) is 4.65. The highest BCUT2D eigenvalue weighted by Gasteiger charge is 2.45. The summed E-state index contributed by atoms with van der Waals surface area (Å²) in [5.74, 6) is 0.236. The standard InChI is InChI=1S/C10H18NOP/c1-5-6-8-7(2)10(3,4)11(13)9(8)12/h8H,2,5-6,13H2,1,3-4H3/t8-/m1/s1. The third kappa shape index (κ3) is 1.52. The maximum Gasteiger partial charge on any atom is 0.233 e. The SMILES string of the molecule is C=C1[C@@H](CCC)C(=O)N(P)C1(C)C. The van der Waals surface area contributed by atoms with Gasteiger partial charge in [-0.1, -0.05) is 19.9 Å². The lowest BCUT2D eigenvalue weighted by Crippen LogP contribution is -2.33. The van der Waals surface area contributed by atoms with Gasteiger partial charge in [-0.2, -0.15) is 0 Å². The molecule has 74 valence electrons. The first-order valence-electron chi connectivity index (χ1n) is 4.71. The van der Waals surface area contributed by atoms with Gasteiger partial charge >= 0.3 is 0 Å². The highest BCUT2D eigenvalue weighted by atomic mass is 31.0. The minimum atomic E-state index is -0.193. The van der Waals surface area contributed by atoms with Crippen molar-refractivity contribution >= 4 is 15.3 Å². The van der Waals surface area contributed by atoms with E-state index in [1.807, 2.05) is 13.8 Å². The number of nitrogens with zero attached hydrogens (tertiary/aromatic N) is 1. The molecule has 0 aromatic carbocycles. The zero-order valence-corrected chi connectivity index (χ0v) is 9.79. The molecule has 1 amide bonds. The normalized spacial score (nSPS) is 27.1. The fraction of sp³-hybridized carbons (Fsp3) is 0.700. The number of hydrogen-bond acceptors (Lipinski definition) is 1. The summed E-state index contributed by atoms with van der Waals surface area (Å²) in [6, 6.07) is 0. The quantitative estimate of drug-likeness (QED) is 0.494. The molecule has 3 heteroatoms. The van der Waals surface area contributed by atoms with Crippen molar-refractivity contribution in [3.63, 3.8) is 0 Å². The highest BCUT2D eigenvalue weighted by Crippen LogP contribution is 2.41. The fourth-order valence-electron chi connectivity index (χ4n) is 1.76. The van der Waals surface area contributed by atoms with E-state index in [0.717, 1.165) is 18.4 Å². The molecule has 0 aromatic heterocycles. The highest BCUT2D eigenvalue weighted by molar-refractivity contribution is 7.14. The van der Waals surface area contributed by atoms with Crippen molar-refractivity contribution in [3.05, 3.63) is 12.2 Å². The molecule has 0 N–H and O–H groups in total. The molecule has 1 saturated heterocycles. The van der Waals surface area contributed by atoms with Crippen LogP contribution in [0.2, 0.25) is 0 Å². The van der Waals surface area contributed by atoms with E-state index in [4.69, 9.17) is 0 Å². The van der Waals surface area contributed by atoms with E-state index in [1.165, 1.54) is 0 Å². The molecule has 2 nitrogen and oxygen atoms in total. The monoisotopic (exact) mass is 199 g/mol. The predicted molar refractivity (Wildman–Crippen MR) is 58.2 cm³/mol. The van der Waals surface area contributed by atoms with E-state index in [9.17, 15) is 4.79 Å². The summed E-state index contributed by atoms with van der Waals surface area (Å²) in [7, 11) is 2.50. The smallest absolute Gasteiger partial charge is 0.233 e. The Morgan fingerprint density at radius 1 is 1.62 bits per heavy atom. The van der Waals surface area contributed by atoms with Crippen molar-refractivity contribution in [1.29, 1.82) is 0 Å². The van der Waals surface area contributed by atoms with Crippen molar-refractivity contribution in [1.82, 2.24) is 4.67 Å². The molecule has 0 aromatic rings. The Labute approximate surface area is 82.6 Å². The lowest BCUT2D eigenvalue weighted by Gasteiger charge is -2.27. The molecular weight excluding hydrogens is 181 g/mol. The van der Waals surface area contributed by atoms with Crippen LogP contribution in [0, 0.1) is 5.92 Å². The lowest BCUT2D eigenvalue weighted by atomic mass is 9.88. The van der Waals surface area contributed by atoms with E-state index >= 15 is 0 Å². The second-order valence-electron chi connectivity index (χ2n) is 4.13. The molecule has 0 aliphatic carbocycles. The Morgan fingerprint density at radius 3 is 2.46 bits per heavy atom. The zero-order valence-electron chi connectivity index (χ0n) is 8.63. The van der Waals surface area contributed by atoms with Gasteiger partial charge in [-0.15, -0.1) is 0 Å². The first-order chi connectivity index (χ1) is 5.92. The summed E-state index contributed by atoms with van der Waals surface area (Å²) in [4.78, 5) is 11.8. The first kappa shape index (κ1) is 10.7. The molecule has 1 aliphatic rings. The number of amides is 1. The van der Waals surface area contributed by atoms with Gasteiger partial charge in [0.25, 0.3) is 0 Å². The van der Waals surface area contributed by atoms with Gasteiger partial charge in [0.2, 0.25) is 5.91 Å². The first-order valence-corrected chi connectivity index (χ1v) is 5.22. The predicted octanol–water partition coefficient (Wildman–Crippen LogP) is 2.37. The van der Waals surface area contributed by atoms with Crippen LogP contribution in [0.1, 0.15) is 33.6 Å². The maximum atomic E-state index is 11.8. The Morgan fingerprint density at radius 2 is 2.15 bits per heavy atom. The summed E-state index contributed by atoms with van der Waals surface area (Å²) < 4.78 is 1.73. The van der Waals surface area contributed by atoms with Crippen LogP contribution in [0.4, 0.5) is 0 Å².